The Hall–Kier alpha value is -3.18. The zero-order valence-corrected chi connectivity index (χ0v) is 16.1. The van der Waals surface area contributed by atoms with Crippen LogP contribution in [0.1, 0.15) is 34.5 Å². The van der Waals surface area contributed by atoms with Gasteiger partial charge < -0.3 is 4.90 Å². The van der Waals surface area contributed by atoms with Gasteiger partial charge in [-0.2, -0.15) is 0 Å². The van der Waals surface area contributed by atoms with Crippen LogP contribution in [0.5, 0.6) is 0 Å². The average molecular weight is 395 g/mol. The highest BCUT2D eigenvalue weighted by Crippen LogP contribution is 2.39. The van der Waals surface area contributed by atoms with Gasteiger partial charge in [-0.15, -0.1) is 0 Å². The molecule has 0 radical (unpaired) electrons. The van der Waals surface area contributed by atoms with Crippen LogP contribution >= 0.6 is 11.6 Å². The molecule has 0 saturated carbocycles. The molecule has 6 heteroatoms. The Morgan fingerprint density at radius 1 is 1.21 bits per heavy atom. The van der Waals surface area contributed by atoms with Crippen LogP contribution in [0.2, 0.25) is 5.02 Å². The van der Waals surface area contributed by atoms with E-state index in [1.807, 2.05) is 36.4 Å². The molecule has 1 aliphatic heterocycles. The largest absolute Gasteiger partial charge is 0.323 e. The van der Waals surface area contributed by atoms with E-state index in [4.69, 9.17) is 11.6 Å². The zero-order valence-electron chi connectivity index (χ0n) is 15.3. The van der Waals surface area contributed by atoms with Gasteiger partial charge in [0, 0.05) is 30.1 Å². The van der Waals surface area contributed by atoms with Crippen LogP contribution in [-0.4, -0.2) is 22.3 Å². The number of carbonyl (C=O) groups excluding carboxylic acids is 1. The fourth-order valence-corrected chi connectivity index (χ4v) is 3.33. The van der Waals surface area contributed by atoms with E-state index in [1.165, 1.54) is 13.0 Å². The van der Waals surface area contributed by atoms with Crippen molar-refractivity contribution in [3.8, 4) is 0 Å². The second kappa shape index (κ2) is 8.23. The van der Waals surface area contributed by atoms with E-state index in [0.29, 0.717) is 16.2 Å². The summed E-state index contributed by atoms with van der Waals surface area (Å²) in [7, 11) is 0. The molecule has 3 rings (SSSR count). The molecule has 2 aromatic carbocycles. The van der Waals surface area contributed by atoms with Gasteiger partial charge in [0.1, 0.15) is 0 Å². The van der Waals surface area contributed by atoms with E-state index in [1.54, 1.807) is 29.2 Å². The first-order chi connectivity index (χ1) is 13.4. The lowest BCUT2D eigenvalue weighted by molar-refractivity contribution is -0.424. The molecule has 1 unspecified atom stereocenters. The quantitative estimate of drug-likeness (QED) is 0.385. The average Bonchev–Trinajstić information content (AvgIpc) is 2.97. The van der Waals surface area contributed by atoms with Gasteiger partial charge >= 0.3 is 0 Å². The van der Waals surface area contributed by atoms with Crippen LogP contribution < -0.4 is 0 Å². The van der Waals surface area contributed by atoms with Crippen molar-refractivity contribution in [1.82, 2.24) is 4.90 Å². The van der Waals surface area contributed by atoms with E-state index < -0.39 is 4.92 Å². The summed E-state index contributed by atoms with van der Waals surface area (Å²) < 4.78 is 0. The second-order valence-electron chi connectivity index (χ2n) is 6.49. The van der Waals surface area contributed by atoms with Crippen LogP contribution in [-0.2, 0) is 0 Å². The third-order valence-corrected chi connectivity index (χ3v) is 4.94. The molecule has 2 aromatic rings. The number of nitro groups is 1. The Morgan fingerprint density at radius 3 is 2.54 bits per heavy atom. The minimum absolute atomic E-state index is 0.0182. The van der Waals surface area contributed by atoms with E-state index in [0.717, 1.165) is 11.1 Å². The fourth-order valence-electron chi connectivity index (χ4n) is 3.21. The minimum Gasteiger partial charge on any atom is -0.323 e. The van der Waals surface area contributed by atoms with E-state index in [2.05, 4.69) is 6.58 Å². The van der Waals surface area contributed by atoms with Gasteiger partial charge in [-0.25, -0.2) is 0 Å². The maximum Gasteiger partial charge on any atom is 0.255 e. The first-order valence-electron chi connectivity index (χ1n) is 8.72. The number of nitrogens with zero attached hydrogens (tertiary/aromatic N) is 2. The first kappa shape index (κ1) is 19.6. The second-order valence-corrected chi connectivity index (χ2v) is 6.92. The fraction of sp³-hybridized carbons (Fsp3) is 0.136. The number of halogens is 1. The molecule has 28 heavy (non-hydrogen) atoms. The summed E-state index contributed by atoms with van der Waals surface area (Å²) in [5, 5.41) is 11.4. The van der Waals surface area contributed by atoms with Gasteiger partial charge in [-0.3, -0.25) is 14.9 Å². The Balaban J connectivity index is 2.00. The Kier molecular flexibility index (Phi) is 5.76. The molecular formula is C22H19ClN2O3. The van der Waals surface area contributed by atoms with Crippen LogP contribution in [0.3, 0.4) is 0 Å². The molecule has 0 aliphatic carbocycles. The summed E-state index contributed by atoms with van der Waals surface area (Å²) in [6.07, 6.45) is 4.65. The minimum atomic E-state index is -0.454. The highest BCUT2D eigenvalue weighted by molar-refractivity contribution is 6.30. The molecule has 1 amide bonds. The molecule has 1 heterocycles. The maximum absolute atomic E-state index is 13.1. The van der Waals surface area contributed by atoms with Gasteiger partial charge in [0.25, 0.3) is 5.91 Å². The monoisotopic (exact) mass is 394 g/mol. The van der Waals surface area contributed by atoms with Crippen molar-refractivity contribution >= 4 is 17.5 Å². The predicted octanol–water partition coefficient (Wildman–Crippen LogP) is 5.18. The van der Waals surface area contributed by atoms with Crippen molar-refractivity contribution in [2.24, 2.45) is 0 Å². The lowest BCUT2D eigenvalue weighted by Crippen LogP contribution is -2.30. The molecule has 0 aromatic heterocycles. The number of hydrogen-bond acceptors (Lipinski definition) is 3. The van der Waals surface area contributed by atoms with Crippen molar-refractivity contribution in [2.75, 3.05) is 6.54 Å². The smallest absolute Gasteiger partial charge is 0.255 e. The van der Waals surface area contributed by atoms with E-state index in [-0.39, 0.29) is 24.2 Å². The Labute approximate surface area is 168 Å². The molecule has 1 atom stereocenters. The highest BCUT2D eigenvalue weighted by Gasteiger charge is 2.37. The molecule has 1 aliphatic rings. The van der Waals surface area contributed by atoms with E-state index >= 15 is 0 Å². The number of allylic oxidation sites excluding steroid dienone is 3. The topological polar surface area (TPSA) is 63.5 Å². The summed E-state index contributed by atoms with van der Waals surface area (Å²) in [4.78, 5) is 25.2. The first-order valence-corrected chi connectivity index (χ1v) is 9.10. The van der Waals surface area contributed by atoms with Crippen molar-refractivity contribution in [1.29, 1.82) is 0 Å². The van der Waals surface area contributed by atoms with E-state index in [9.17, 15) is 14.9 Å². The normalized spacial score (nSPS) is 16.9. The number of carbonyl (C=O) groups is 1. The van der Waals surface area contributed by atoms with Crippen molar-refractivity contribution in [2.45, 2.75) is 13.0 Å². The van der Waals surface area contributed by atoms with Gasteiger partial charge in [0.15, 0.2) is 0 Å². The molecular weight excluding hydrogens is 376 g/mol. The van der Waals surface area contributed by atoms with Crippen LogP contribution in [0, 0.1) is 10.1 Å². The lowest BCUT2D eigenvalue weighted by Gasteiger charge is -2.26. The Bertz CT molecular complexity index is 993. The zero-order chi connectivity index (χ0) is 20.3. The number of rotatable bonds is 6. The number of fused-ring (bicyclic) bond motifs is 1. The number of hydrogen-bond donors (Lipinski definition) is 0. The van der Waals surface area contributed by atoms with Gasteiger partial charge in [-0.05, 0) is 34.9 Å². The molecule has 142 valence electrons. The highest BCUT2D eigenvalue weighted by atomic mass is 35.5. The van der Waals surface area contributed by atoms with Gasteiger partial charge in [0.2, 0.25) is 5.70 Å². The summed E-state index contributed by atoms with van der Waals surface area (Å²) in [6, 6.07) is 14.7. The lowest BCUT2D eigenvalue weighted by atomic mass is 9.98. The summed E-state index contributed by atoms with van der Waals surface area (Å²) in [6.45, 7) is 5.49. The predicted molar refractivity (Wildman–Crippen MR) is 110 cm³/mol. The van der Waals surface area contributed by atoms with Gasteiger partial charge in [0.05, 0.1) is 11.0 Å². The van der Waals surface area contributed by atoms with Crippen LogP contribution in [0.15, 0.2) is 84.6 Å². The van der Waals surface area contributed by atoms with Crippen molar-refractivity contribution in [3.63, 3.8) is 0 Å². The summed E-state index contributed by atoms with van der Waals surface area (Å²) in [5.41, 5.74) is 3.26. The Morgan fingerprint density at radius 2 is 1.89 bits per heavy atom. The number of amides is 1. The number of benzene rings is 2. The third-order valence-electron chi connectivity index (χ3n) is 4.69. The van der Waals surface area contributed by atoms with Crippen LogP contribution in [0.25, 0.3) is 0 Å². The molecule has 5 nitrogen and oxygen atoms in total. The molecule has 0 bridgehead atoms. The van der Waals surface area contributed by atoms with Gasteiger partial charge in [-0.1, -0.05) is 60.7 Å². The molecule has 0 spiro atoms. The SMILES string of the molecule is C=C/C(=C\C=C(/C)[N+](=O)[O-])CN1C(=O)c2ccccc2C1c1ccc(Cl)cc1. The van der Waals surface area contributed by atoms with Crippen molar-refractivity contribution in [3.05, 3.63) is 116 Å². The summed E-state index contributed by atoms with van der Waals surface area (Å²) in [5.74, 6) is -0.0849. The molecule has 0 N–H and O–H groups in total. The van der Waals surface area contributed by atoms with Crippen LogP contribution in [0.4, 0.5) is 0 Å². The summed E-state index contributed by atoms with van der Waals surface area (Å²) >= 11 is 6.02. The standard InChI is InChI=1S/C22H19ClN2O3/c1-3-16(9-8-15(2)25(27)28)14-24-21(17-10-12-18(23)13-11-17)19-6-4-5-7-20(19)22(24)26/h3-13,21H,1,14H2,2H3/b15-8+,16-9+. The molecule has 0 saturated heterocycles. The van der Waals surface area contributed by atoms with Crippen molar-refractivity contribution < 1.29 is 9.72 Å². The molecule has 0 fully saturated rings. The third kappa shape index (κ3) is 3.89. The maximum atomic E-state index is 13.1.